The quantitative estimate of drug-likeness (QED) is 0.851. The van der Waals surface area contributed by atoms with Crippen LogP contribution in [-0.2, 0) is 0 Å². The highest BCUT2D eigenvalue weighted by molar-refractivity contribution is 9.10. The van der Waals surface area contributed by atoms with Crippen molar-refractivity contribution in [2.45, 2.75) is 13.0 Å². The van der Waals surface area contributed by atoms with Crippen LogP contribution in [0.1, 0.15) is 22.8 Å². The van der Waals surface area contributed by atoms with Gasteiger partial charge in [-0.1, -0.05) is 45.7 Å². The minimum atomic E-state index is -1.02. The highest BCUT2D eigenvalue weighted by Gasteiger charge is 2.17. The molecule has 4 heteroatoms. The van der Waals surface area contributed by atoms with E-state index in [1.54, 1.807) is 12.1 Å². The van der Waals surface area contributed by atoms with Gasteiger partial charge >= 0.3 is 0 Å². The van der Waals surface area contributed by atoms with E-state index in [9.17, 15) is 9.50 Å². The zero-order chi connectivity index (χ0) is 13.3. The van der Waals surface area contributed by atoms with E-state index in [1.807, 2.05) is 19.1 Å². The number of halogens is 3. The van der Waals surface area contributed by atoms with Gasteiger partial charge in [0.15, 0.2) is 0 Å². The zero-order valence-electron chi connectivity index (χ0n) is 9.62. The maximum Gasteiger partial charge on any atom is 0.130 e. The lowest BCUT2D eigenvalue weighted by Crippen LogP contribution is -2.03. The van der Waals surface area contributed by atoms with Crippen LogP contribution in [-0.4, -0.2) is 5.11 Å². The van der Waals surface area contributed by atoms with Crippen LogP contribution in [0.2, 0.25) is 5.02 Å². The second-order valence-corrected chi connectivity index (χ2v) is 5.38. The van der Waals surface area contributed by atoms with Gasteiger partial charge in [-0.15, -0.1) is 0 Å². The van der Waals surface area contributed by atoms with Crippen LogP contribution in [0.3, 0.4) is 0 Å². The van der Waals surface area contributed by atoms with Crippen molar-refractivity contribution in [1.29, 1.82) is 0 Å². The van der Waals surface area contributed by atoms with Crippen molar-refractivity contribution < 1.29 is 9.50 Å². The zero-order valence-corrected chi connectivity index (χ0v) is 12.0. The molecule has 0 heterocycles. The predicted octanol–water partition coefficient (Wildman–Crippen LogP) is 4.63. The summed E-state index contributed by atoms with van der Waals surface area (Å²) in [6.07, 6.45) is -1.02. The molecule has 1 unspecified atom stereocenters. The number of aliphatic hydroxyl groups is 1. The Labute approximate surface area is 118 Å². The van der Waals surface area contributed by atoms with Gasteiger partial charge in [0.25, 0.3) is 0 Å². The monoisotopic (exact) mass is 328 g/mol. The second-order valence-electron chi connectivity index (χ2n) is 4.09. The summed E-state index contributed by atoms with van der Waals surface area (Å²) in [6.45, 7) is 1.95. The fourth-order valence-electron chi connectivity index (χ4n) is 1.74. The van der Waals surface area contributed by atoms with Gasteiger partial charge in [0.05, 0.1) is 0 Å². The SMILES string of the molecule is Cc1ccc(C(O)c2ccc(Cl)cc2F)c(Br)c1. The Hall–Kier alpha value is -0.900. The molecule has 0 aliphatic heterocycles. The predicted molar refractivity (Wildman–Crippen MR) is 74.4 cm³/mol. The third kappa shape index (κ3) is 2.74. The summed E-state index contributed by atoms with van der Waals surface area (Å²) in [5.74, 6) is -0.512. The van der Waals surface area contributed by atoms with Crippen molar-refractivity contribution in [3.63, 3.8) is 0 Å². The molecular weight excluding hydrogens is 319 g/mol. The largest absolute Gasteiger partial charge is 0.384 e. The van der Waals surface area contributed by atoms with Crippen LogP contribution in [0, 0.1) is 12.7 Å². The molecule has 1 nitrogen and oxygen atoms in total. The molecule has 2 aromatic carbocycles. The van der Waals surface area contributed by atoms with Gasteiger partial charge < -0.3 is 5.11 Å². The summed E-state index contributed by atoms with van der Waals surface area (Å²) in [7, 11) is 0. The number of hydrogen-bond acceptors (Lipinski definition) is 1. The Bertz CT molecular complexity index is 535. The first kappa shape index (κ1) is 13.5. The third-order valence-electron chi connectivity index (χ3n) is 2.71. The van der Waals surface area contributed by atoms with Gasteiger partial charge in [0.2, 0.25) is 0 Å². The molecule has 0 aliphatic carbocycles. The molecule has 0 aliphatic rings. The fraction of sp³-hybridized carbons (Fsp3) is 0.143. The van der Waals surface area contributed by atoms with E-state index in [4.69, 9.17) is 11.6 Å². The van der Waals surface area contributed by atoms with Crippen LogP contribution >= 0.6 is 27.5 Å². The van der Waals surface area contributed by atoms with E-state index >= 15 is 0 Å². The van der Waals surface area contributed by atoms with E-state index in [2.05, 4.69) is 15.9 Å². The van der Waals surface area contributed by atoms with Crippen molar-refractivity contribution in [2.24, 2.45) is 0 Å². The van der Waals surface area contributed by atoms with E-state index in [1.165, 1.54) is 12.1 Å². The van der Waals surface area contributed by atoms with Gasteiger partial charge in [0.1, 0.15) is 11.9 Å². The topological polar surface area (TPSA) is 20.2 Å². The minimum Gasteiger partial charge on any atom is -0.384 e. The molecule has 1 N–H and O–H groups in total. The minimum absolute atomic E-state index is 0.212. The Morgan fingerprint density at radius 1 is 1.17 bits per heavy atom. The normalized spacial score (nSPS) is 12.5. The molecule has 0 saturated carbocycles. The molecule has 0 saturated heterocycles. The lowest BCUT2D eigenvalue weighted by Gasteiger charge is -2.14. The van der Waals surface area contributed by atoms with Crippen molar-refractivity contribution in [1.82, 2.24) is 0 Å². The van der Waals surface area contributed by atoms with E-state index in [-0.39, 0.29) is 5.56 Å². The average Bonchev–Trinajstić information content (AvgIpc) is 2.28. The number of hydrogen-bond donors (Lipinski definition) is 1. The first-order valence-corrected chi connectivity index (χ1v) is 6.55. The van der Waals surface area contributed by atoms with Crippen LogP contribution in [0.5, 0.6) is 0 Å². The lowest BCUT2D eigenvalue weighted by molar-refractivity contribution is 0.214. The lowest BCUT2D eigenvalue weighted by atomic mass is 10.00. The van der Waals surface area contributed by atoms with E-state index in [0.717, 1.165) is 10.0 Å². The van der Waals surface area contributed by atoms with Crippen LogP contribution in [0.15, 0.2) is 40.9 Å². The van der Waals surface area contributed by atoms with Crippen molar-refractivity contribution in [2.75, 3.05) is 0 Å². The van der Waals surface area contributed by atoms with Gasteiger partial charge in [-0.3, -0.25) is 0 Å². The first-order valence-electron chi connectivity index (χ1n) is 5.38. The molecular formula is C14H11BrClFO. The maximum absolute atomic E-state index is 13.7. The Morgan fingerprint density at radius 2 is 1.83 bits per heavy atom. The molecule has 0 radical (unpaired) electrons. The van der Waals surface area contributed by atoms with Crippen LogP contribution in [0.4, 0.5) is 4.39 Å². The van der Waals surface area contributed by atoms with Gasteiger partial charge in [-0.25, -0.2) is 4.39 Å². The Kier molecular flexibility index (Phi) is 4.05. The molecule has 0 fully saturated rings. The summed E-state index contributed by atoms with van der Waals surface area (Å²) in [5, 5.41) is 10.5. The summed E-state index contributed by atoms with van der Waals surface area (Å²) < 4.78 is 14.5. The molecule has 2 aromatic rings. The summed E-state index contributed by atoms with van der Waals surface area (Å²) in [4.78, 5) is 0. The molecule has 18 heavy (non-hydrogen) atoms. The molecule has 0 bridgehead atoms. The second kappa shape index (κ2) is 5.39. The number of aliphatic hydroxyl groups excluding tert-OH is 1. The molecule has 0 aromatic heterocycles. The van der Waals surface area contributed by atoms with Crippen molar-refractivity contribution >= 4 is 27.5 Å². The summed E-state index contributed by atoms with van der Waals surface area (Å²) in [6, 6.07) is 9.78. The van der Waals surface area contributed by atoms with Gasteiger partial charge in [-0.2, -0.15) is 0 Å². The highest BCUT2D eigenvalue weighted by Crippen LogP contribution is 2.31. The Balaban J connectivity index is 2.44. The standard InChI is InChI=1S/C14H11BrClFO/c1-8-2-4-10(12(15)6-8)14(18)11-5-3-9(16)7-13(11)17/h2-7,14,18H,1H3. The smallest absolute Gasteiger partial charge is 0.130 e. The summed E-state index contributed by atoms with van der Waals surface area (Å²) in [5.41, 5.74) is 1.90. The molecule has 0 amide bonds. The number of aryl methyl sites for hydroxylation is 1. The molecule has 0 spiro atoms. The summed E-state index contributed by atoms with van der Waals surface area (Å²) >= 11 is 9.06. The number of rotatable bonds is 2. The number of benzene rings is 2. The van der Waals surface area contributed by atoms with E-state index in [0.29, 0.717) is 10.6 Å². The Morgan fingerprint density at radius 3 is 2.44 bits per heavy atom. The molecule has 94 valence electrons. The van der Waals surface area contributed by atoms with Crippen LogP contribution in [0.25, 0.3) is 0 Å². The van der Waals surface area contributed by atoms with Crippen LogP contribution < -0.4 is 0 Å². The third-order valence-corrected chi connectivity index (χ3v) is 3.63. The van der Waals surface area contributed by atoms with Gasteiger partial charge in [0, 0.05) is 15.1 Å². The molecule has 2 rings (SSSR count). The average molecular weight is 330 g/mol. The maximum atomic E-state index is 13.7. The van der Waals surface area contributed by atoms with Crippen molar-refractivity contribution in [3.8, 4) is 0 Å². The highest BCUT2D eigenvalue weighted by atomic mass is 79.9. The first-order chi connectivity index (χ1) is 8.49. The molecule has 1 atom stereocenters. The fourth-order valence-corrected chi connectivity index (χ4v) is 2.61. The van der Waals surface area contributed by atoms with E-state index < -0.39 is 11.9 Å². The van der Waals surface area contributed by atoms with Gasteiger partial charge in [-0.05, 0) is 36.2 Å². The van der Waals surface area contributed by atoms with Crippen molar-refractivity contribution in [3.05, 3.63) is 68.4 Å².